The van der Waals surface area contributed by atoms with Crippen LogP contribution in [0.15, 0.2) is 71.3 Å². The number of thioether (sulfide) groups is 1. The average Bonchev–Trinajstić information content (AvgIpc) is 3.51. The van der Waals surface area contributed by atoms with Crippen molar-refractivity contribution in [2.75, 3.05) is 5.75 Å². The first-order valence-corrected chi connectivity index (χ1v) is 12.0. The molecule has 9 heteroatoms. The Hall–Kier alpha value is -3.17. The minimum absolute atomic E-state index is 0.174. The molecule has 0 aliphatic carbocycles. The van der Waals surface area contributed by atoms with Crippen molar-refractivity contribution >= 4 is 29.1 Å². The lowest BCUT2D eigenvalue weighted by Gasteiger charge is -2.08. The fourth-order valence-corrected chi connectivity index (χ4v) is 4.44. The molecular weight excluding hydrogens is 444 g/mol. The molecule has 0 N–H and O–H groups in total. The molecule has 0 aliphatic heterocycles. The molecule has 0 saturated carbocycles. The van der Waals surface area contributed by atoms with Crippen molar-refractivity contribution in [3.05, 3.63) is 77.4 Å². The van der Waals surface area contributed by atoms with Crippen LogP contribution in [-0.4, -0.2) is 31.5 Å². The van der Waals surface area contributed by atoms with Crippen LogP contribution in [0, 0.1) is 0 Å². The predicted octanol–water partition coefficient (Wildman–Crippen LogP) is 4.84. The van der Waals surface area contributed by atoms with E-state index in [1.54, 1.807) is 17.5 Å². The lowest BCUT2D eigenvalue weighted by molar-refractivity contribution is -0.141. The number of nitrogens with zero attached hydrogens (tertiary/aromatic N) is 4. The lowest BCUT2D eigenvalue weighted by Crippen LogP contribution is -2.08. The number of hydrogen-bond donors (Lipinski definition) is 0. The number of aromatic nitrogens is 4. The highest BCUT2D eigenvalue weighted by molar-refractivity contribution is 7.99. The Morgan fingerprint density at radius 1 is 1.06 bits per heavy atom. The van der Waals surface area contributed by atoms with Gasteiger partial charge in [0.05, 0.1) is 16.3 Å². The average molecular weight is 467 g/mol. The van der Waals surface area contributed by atoms with Crippen molar-refractivity contribution in [1.29, 1.82) is 0 Å². The van der Waals surface area contributed by atoms with Gasteiger partial charge < -0.3 is 14.0 Å². The maximum Gasteiger partial charge on any atom is 0.316 e. The third kappa shape index (κ3) is 5.74. The molecule has 4 rings (SSSR count). The predicted molar refractivity (Wildman–Crippen MR) is 125 cm³/mol. The highest BCUT2D eigenvalue weighted by Crippen LogP contribution is 2.27. The van der Waals surface area contributed by atoms with Gasteiger partial charge in [-0.25, -0.2) is 0 Å². The minimum Gasteiger partial charge on any atom is -0.487 e. The van der Waals surface area contributed by atoms with Crippen LogP contribution >= 0.6 is 23.1 Å². The van der Waals surface area contributed by atoms with Crippen LogP contribution in [0.5, 0.6) is 5.75 Å². The van der Waals surface area contributed by atoms with Crippen molar-refractivity contribution in [1.82, 2.24) is 19.7 Å². The lowest BCUT2D eigenvalue weighted by atomic mass is 10.2. The van der Waals surface area contributed by atoms with E-state index in [9.17, 15) is 4.79 Å². The maximum absolute atomic E-state index is 12.2. The third-order valence-corrected chi connectivity index (χ3v) is 6.34. The Balaban J connectivity index is 1.24. The summed E-state index contributed by atoms with van der Waals surface area (Å²) in [4.78, 5) is 17.5. The largest absolute Gasteiger partial charge is 0.487 e. The highest BCUT2D eigenvalue weighted by Gasteiger charge is 2.15. The Morgan fingerprint density at radius 3 is 2.66 bits per heavy atom. The van der Waals surface area contributed by atoms with Crippen molar-refractivity contribution in [3.63, 3.8) is 0 Å². The molecule has 0 aliphatic rings. The molecule has 0 atom stereocenters. The van der Waals surface area contributed by atoms with Gasteiger partial charge in [0.25, 0.3) is 0 Å². The molecule has 32 heavy (non-hydrogen) atoms. The molecule has 0 unspecified atom stereocenters. The first kappa shape index (κ1) is 22.0. The van der Waals surface area contributed by atoms with Crippen LogP contribution in [0.3, 0.4) is 0 Å². The van der Waals surface area contributed by atoms with Crippen LogP contribution < -0.4 is 4.74 Å². The number of carbonyl (C=O) groups is 1. The second-order valence-electron chi connectivity index (χ2n) is 6.73. The van der Waals surface area contributed by atoms with Crippen LogP contribution in [0.2, 0.25) is 0 Å². The van der Waals surface area contributed by atoms with Gasteiger partial charge in [-0.05, 0) is 48.2 Å². The van der Waals surface area contributed by atoms with Gasteiger partial charge >= 0.3 is 5.97 Å². The number of ether oxygens (including phenoxy) is 2. The molecular formula is C23H22N4O3S2. The van der Waals surface area contributed by atoms with Crippen LogP contribution in [0.1, 0.15) is 18.2 Å². The molecule has 3 heterocycles. The quantitative estimate of drug-likeness (QED) is 0.244. The van der Waals surface area contributed by atoms with E-state index in [0.717, 1.165) is 34.3 Å². The number of rotatable bonds is 10. The Morgan fingerprint density at radius 2 is 1.94 bits per heavy atom. The number of benzene rings is 1. The van der Waals surface area contributed by atoms with E-state index in [-0.39, 0.29) is 18.3 Å². The molecule has 0 bridgehead atoms. The third-order valence-electron chi connectivity index (χ3n) is 4.53. The van der Waals surface area contributed by atoms with Gasteiger partial charge in [0.15, 0.2) is 11.0 Å². The van der Waals surface area contributed by atoms with E-state index < -0.39 is 0 Å². The standard InChI is InChI=1S/C23H22N4O3S2/c1-2-27-22(20-7-5-13-31-20)25-26-23(27)32-16-21(28)30-14-17-8-10-19(11-9-17)29-15-18-6-3-4-12-24-18/h3-13H,2,14-16H2,1H3. The fraction of sp³-hybridized carbons (Fsp3) is 0.217. The van der Waals surface area contributed by atoms with Crippen LogP contribution in [0.25, 0.3) is 10.7 Å². The maximum atomic E-state index is 12.2. The zero-order chi connectivity index (χ0) is 22.2. The minimum atomic E-state index is -0.297. The monoisotopic (exact) mass is 466 g/mol. The van der Waals surface area contributed by atoms with Crippen molar-refractivity contribution in [2.45, 2.75) is 31.8 Å². The number of esters is 1. The van der Waals surface area contributed by atoms with Gasteiger partial charge in [0.2, 0.25) is 0 Å². The van der Waals surface area contributed by atoms with E-state index in [0.29, 0.717) is 11.8 Å². The second-order valence-corrected chi connectivity index (χ2v) is 8.62. The number of carbonyl (C=O) groups excluding carboxylic acids is 1. The summed E-state index contributed by atoms with van der Waals surface area (Å²) in [5.74, 6) is 1.44. The van der Waals surface area contributed by atoms with Gasteiger partial charge in [-0.1, -0.05) is 36.0 Å². The Bertz CT molecular complexity index is 1130. The molecule has 3 aromatic heterocycles. The fourth-order valence-electron chi connectivity index (χ4n) is 2.92. The zero-order valence-corrected chi connectivity index (χ0v) is 19.1. The zero-order valence-electron chi connectivity index (χ0n) is 17.5. The summed E-state index contributed by atoms with van der Waals surface area (Å²) < 4.78 is 13.1. The van der Waals surface area contributed by atoms with E-state index in [2.05, 4.69) is 15.2 Å². The first-order chi connectivity index (χ1) is 15.7. The van der Waals surface area contributed by atoms with Crippen LogP contribution in [-0.2, 0) is 29.3 Å². The molecule has 1 aromatic carbocycles. The smallest absolute Gasteiger partial charge is 0.316 e. The normalized spacial score (nSPS) is 10.8. The van der Waals surface area contributed by atoms with Crippen molar-refractivity contribution in [3.8, 4) is 16.5 Å². The highest BCUT2D eigenvalue weighted by atomic mass is 32.2. The molecule has 0 fully saturated rings. The summed E-state index contributed by atoms with van der Waals surface area (Å²) in [6.45, 7) is 3.38. The van der Waals surface area contributed by atoms with E-state index in [1.807, 2.05) is 71.5 Å². The second kappa shape index (κ2) is 10.9. The van der Waals surface area contributed by atoms with Gasteiger partial charge in [-0.2, -0.15) is 0 Å². The first-order valence-electron chi connectivity index (χ1n) is 10.1. The molecule has 0 radical (unpaired) electrons. The van der Waals surface area contributed by atoms with Gasteiger partial charge in [0.1, 0.15) is 19.0 Å². The van der Waals surface area contributed by atoms with Gasteiger partial charge in [-0.3, -0.25) is 9.78 Å². The van der Waals surface area contributed by atoms with Crippen molar-refractivity contribution < 1.29 is 14.3 Å². The SMILES string of the molecule is CCn1c(SCC(=O)OCc2ccc(OCc3ccccn3)cc2)nnc1-c1cccs1. The van der Waals surface area contributed by atoms with Crippen molar-refractivity contribution in [2.24, 2.45) is 0 Å². The van der Waals surface area contributed by atoms with E-state index >= 15 is 0 Å². The summed E-state index contributed by atoms with van der Waals surface area (Å²) in [5.41, 5.74) is 1.76. The van der Waals surface area contributed by atoms with E-state index in [1.165, 1.54) is 11.8 Å². The molecule has 0 saturated heterocycles. The molecule has 4 aromatic rings. The summed E-state index contributed by atoms with van der Waals surface area (Å²) in [7, 11) is 0. The van der Waals surface area contributed by atoms with Gasteiger partial charge in [-0.15, -0.1) is 21.5 Å². The molecule has 0 spiro atoms. The summed E-state index contributed by atoms with van der Waals surface area (Å²) in [6.07, 6.45) is 1.74. The summed E-state index contributed by atoms with van der Waals surface area (Å²) in [5, 5.41) is 11.2. The van der Waals surface area contributed by atoms with Gasteiger partial charge in [0, 0.05) is 12.7 Å². The molecule has 0 amide bonds. The van der Waals surface area contributed by atoms with Crippen LogP contribution in [0.4, 0.5) is 0 Å². The summed E-state index contributed by atoms with van der Waals surface area (Å²) >= 11 is 2.95. The molecule has 164 valence electrons. The number of hydrogen-bond acceptors (Lipinski definition) is 8. The Kier molecular flexibility index (Phi) is 7.52. The molecule has 7 nitrogen and oxygen atoms in total. The van der Waals surface area contributed by atoms with E-state index in [4.69, 9.17) is 9.47 Å². The Labute approximate surface area is 194 Å². The summed E-state index contributed by atoms with van der Waals surface area (Å²) in [6, 6.07) is 17.2. The topological polar surface area (TPSA) is 79.1 Å². The number of pyridine rings is 1. The number of thiophene rings is 1.